The molecule has 0 aliphatic rings. The highest BCUT2D eigenvalue weighted by molar-refractivity contribution is 7.92. The van der Waals surface area contributed by atoms with Crippen LogP contribution in [-0.4, -0.2) is 29.7 Å². The van der Waals surface area contributed by atoms with E-state index in [2.05, 4.69) is 10.2 Å². The number of anilines is 1. The van der Waals surface area contributed by atoms with Gasteiger partial charge in [0.25, 0.3) is 10.0 Å². The first-order valence-corrected chi connectivity index (χ1v) is 6.63. The van der Waals surface area contributed by atoms with Crippen molar-refractivity contribution in [3.63, 3.8) is 0 Å². The molecule has 0 atom stereocenters. The average Bonchev–Trinajstić information content (AvgIpc) is 2.73. The molecule has 1 heterocycles. The van der Waals surface area contributed by atoms with Crippen molar-refractivity contribution in [1.82, 2.24) is 10.2 Å². The highest BCUT2D eigenvalue weighted by atomic mass is 32.2. The molecule has 1 aromatic carbocycles. The zero-order chi connectivity index (χ0) is 14.9. The molecule has 1 aromatic heterocycles. The lowest BCUT2D eigenvalue weighted by atomic mass is 10.2. The van der Waals surface area contributed by atoms with Crippen LogP contribution in [-0.2, 0) is 10.0 Å². The molecule has 10 heteroatoms. The Morgan fingerprint density at radius 1 is 1.40 bits per heavy atom. The van der Waals surface area contributed by atoms with Crippen LogP contribution in [0.4, 0.5) is 10.4 Å². The second kappa shape index (κ2) is 4.89. The van der Waals surface area contributed by atoms with Gasteiger partial charge in [-0.1, -0.05) is 5.10 Å². The Balaban J connectivity index is 2.43. The van der Waals surface area contributed by atoms with E-state index in [-0.39, 0.29) is 11.5 Å². The van der Waals surface area contributed by atoms with Gasteiger partial charge < -0.3 is 9.52 Å². The van der Waals surface area contributed by atoms with E-state index in [1.807, 2.05) is 4.72 Å². The van der Waals surface area contributed by atoms with Crippen molar-refractivity contribution >= 4 is 22.0 Å². The van der Waals surface area contributed by atoms with Crippen LogP contribution >= 0.6 is 0 Å². The van der Waals surface area contributed by atoms with Gasteiger partial charge in [0.15, 0.2) is 0 Å². The fourth-order valence-corrected chi connectivity index (χ4v) is 2.38. The molecule has 0 aliphatic carbocycles. The third kappa shape index (κ3) is 2.74. The molecule has 0 aliphatic heterocycles. The van der Waals surface area contributed by atoms with Gasteiger partial charge in [-0.15, -0.1) is 5.10 Å². The molecule has 0 fully saturated rings. The number of sulfonamides is 1. The minimum absolute atomic E-state index is 0.113. The Kier molecular flexibility index (Phi) is 3.40. The molecule has 0 radical (unpaired) electrons. The van der Waals surface area contributed by atoms with Crippen molar-refractivity contribution in [3.05, 3.63) is 35.5 Å². The van der Waals surface area contributed by atoms with Crippen molar-refractivity contribution in [2.75, 3.05) is 4.72 Å². The Hall–Kier alpha value is -2.49. The SMILES string of the molecule is Cc1nnc(NS(=O)(=O)c2cc(C(=O)O)ccc2F)o1. The van der Waals surface area contributed by atoms with Gasteiger partial charge in [0, 0.05) is 6.92 Å². The first-order chi connectivity index (χ1) is 9.29. The molecule has 2 rings (SSSR count). The molecule has 0 saturated heterocycles. The van der Waals surface area contributed by atoms with Crippen LogP contribution in [0, 0.1) is 12.7 Å². The van der Waals surface area contributed by atoms with E-state index in [0.717, 1.165) is 12.1 Å². The van der Waals surface area contributed by atoms with Gasteiger partial charge in [0.05, 0.1) is 5.56 Å². The Morgan fingerprint density at radius 3 is 2.65 bits per heavy atom. The summed E-state index contributed by atoms with van der Waals surface area (Å²) in [5, 5.41) is 15.6. The highest BCUT2D eigenvalue weighted by Gasteiger charge is 2.23. The van der Waals surface area contributed by atoms with Gasteiger partial charge in [-0.25, -0.2) is 22.3 Å². The van der Waals surface area contributed by atoms with E-state index in [0.29, 0.717) is 6.07 Å². The quantitative estimate of drug-likeness (QED) is 0.864. The van der Waals surface area contributed by atoms with E-state index in [9.17, 15) is 17.6 Å². The lowest BCUT2D eigenvalue weighted by Crippen LogP contribution is -2.15. The second-order valence-corrected chi connectivity index (χ2v) is 5.33. The van der Waals surface area contributed by atoms with Gasteiger partial charge in [0.2, 0.25) is 5.89 Å². The van der Waals surface area contributed by atoms with Crippen LogP contribution in [0.5, 0.6) is 0 Å². The summed E-state index contributed by atoms with van der Waals surface area (Å²) in [4.78, 5) is 9.95. The van der Waals surface area contributed by atoms with Crippen molar-refractivity contribution in [2.45, 2.75) is 11.8 Å². The molecule has 0 amide bonds. The number of nitrogens with zero attached hydrogens (tertiary/aromatic N) is 2. The zero-order valence-corrected chi connectivity index (χ0v) is 10.8. The predicted octanol–water partition coefficient (Wildman–Crippen LogP) is 1.02. The van der Waals surface area contributed by atoms with E-state index >= 15 is 0 Å². The summed E-state index contributed by atoms with van der Waals surface area (Å²) in [7, 11) is -4.37. The normalized spacial score (nSPS) is 11.3. The summed E-state index contributed by atoms with van der Waals surface area (Å²) in [6.07, 6.45) is 0. The maximum Gasteiger partial charge on any atom is 0.335 e. The lowest BCUT2D eigenvalue weighted by molar-refractivity contribution is 0.0696. The monoisotopic (exact) mass is 301 g/mol. The summed E-state index contributed by atoms with van der Waals surface area (Å²) in [6, 6.07) is 1.95. The standard InChI is InChI=1S/C10H8FN3O5S/c1-5-12-13-10(19-5)14-20(17,18)8-4-6(9(15)16)2-3-7(8)11/h2-4H,1H3,(H,13,14)(H,15,16). The number of nitrogens with one attached hydrogen (secondary N) is 1. The summed E-state index contributed by atoms with van der Waals surface area (Å²) in [5.74, 6) is -2.36. The van der Waals surface area contributed by atoms with E-state index in [1.54, 1.807) is 0 Å². The molecule has 0 bridgehead atoms. The number of benzene rings is 1. The number of aromatic nitrogens is 2. The van der Waals surface area contributed by atoms with Crippen LogP contribution in [0.2, 0.25) is 0 Å². The largest absolute Gasteiger partial charge is 0.478 e. The van der Waals surface area contributed by atoms with Gasteiger partial charge >= 0.3 is 12.0 Å². The maximum atomic E-state index is 13.6. The molecule has 2 aromatic rings. The van der Waals surface area contributed by atoms with Crippen molar-refractivity contribution in [1.29, 1.82) is 0 Å². The number of carboxylic acids is 1. The number of hydrogen-bond donors (Lipinski definition) is 2. The predicted molar refractivity (Wildman–Crippen MR) is 63.2 cm³/mol. The highest BCUT2D eigenvalue weighted by Crippen LogP contribution is 2.19. The van der Waals surface area contributed by atoms with Crippen molar-refractivity contribution in [3.8, 4) is 0 Å². The number of carbonyl (C=O) groups is 1. The topological polar surface area (TPSA) is 122 Å². The van der Waals surface area contributed by atoms with Crippen LogP contribution in [0.1, 0.15) is 16.2 Å². The molecule has 0 spiro atoms. The lowest BCUT2D eigenvalue weighted by Gasteiger charge is -2.06. The van der Waals surface area contributed by atoms with Crippen molar-refractivity contribution < 1.29 is 27.1 Å². The van der Waals surface area contributed by atoms with Crippen LogP contribution in [0.3, 0.4) is 0 Å². The first kappa shape index (κ1) is 13.9. The van der Waals surface area contributed by atoms with E-state index in [4.69, 9.17) is 9.52 Å². The molecule has 0 unspecified atom stereocenters. The zero-order valence-electron chi connectivity index (χ0n) is 9.99. The number of carboxylic acid groups (broad SMARTS) is 1. The summed E-state index contributed by atoms with van der Waals surface area (Å²) in [5.41, 5.74) is -0.367. The molecule has 106 valence electrons. The van der Waals surface area contributed by atoms with Crippen LogP contribution in [0.25, 0.3) is 0 Å². The third-order valence-electron chi connectivity index (χ3n) is 2.22. The van der Waals surface area contributed by atoms with Crippen LogP contribution in [0.15, 0.2) is 27.5 Å². The van der Waals surface area contributed by atoms with Crippen LogP contribution < -0.4 is 4.72 Å². The number of hydrogen-bond acceptors (Lipinski definition) is 6. The minimum atomic E-state index is -4.37. The molecule has 8 nitrogen and oxygen atoms in total. The molecule has 0 saturated carbocycles. The third-order valence-corrected chi connectivity index (χ3v) is 3.55. The number of aromatic carboxylic acids is 1. The van der Waals surface area contributed by atoms with E-state index < -0.39 is 32.7 Å². The van der Waals surface area contributed by atoms with Gasteiger partial charge in [0.1, 0.15) is 10.7 Å². The number of rotatable bonds is 4. The van der Waals surface area contributed by atoms with Gasteiger partial charge in [-0.3, -0.25) is 0 Å². The fourth-order valence-electron chi connectivity index (χ4n) is 1.35. The molecular weight excluding hydrogens is 293 g/mol. The average molecular weight is 301 g/mol. The number of aryl methyl sites for hydroxylation is 1. The smallest absolute Gasteiger partial charge is 0.335 e. The summed E-state index contributed by atoms with van der Waals surface area (Å²) in [6.45, 7) is 1.44. The molecular formula is C10H8FN3O5S. The minimum Gasteiger partial charge on any atom is -0.478 e. The maximum absolute atomic E-state index is 13.6. The fraction of sp³-hybridized carbons (Fsp3) is 0.100. The Morgan fingerprint density at radius 2 is 2.10 bits per heavy atom. The first-order valence-electron chi connectivity index (χ1n) is 5.15. The van der Waals surface area contributed by atoms with Crippen molar-refractivity contribution in [2.24, 2.45) is 0 Å². The second-order valence-electron chi connectivity index (χ2n) is 3.68. The number of halogens is 1. The van der Waals surface area contributed by atoms with Gasteiger partial charge in [-0.05, 0) is 18.2 Å². The summed E-state index contributed by atoms with van der Waals surface area (Å²) >= 11 is 0. The van der Waals surface area contributed by atoms with E-state index in [1.165, 1.54) is 6.92 Å². The molecule has 20 heavy (non-hydrogen) atoms. The van der Waals surface area contributed by atoms with Gasteiger partial charge in [-0.2, -0.15) is 0 Å². The summed E-state index contributed by atoms with van der Waals surface area (Å²) < 4.78 is 44.1. The Bertz CT molecular complexity index is 771. The Labute approximate surface area is 112 Å². The molecule has 2 N–H and O–H groups in total.